The zero-order chi connectivity index (χ0) is 44.4. The van der Waals surface area contributed by atoms with Crippen molar-refractivity contribution >= 4 is 35.8 Å². The summed E-state index contributed by atoms with van der Waals surface area (Å²) in [5, 5.41) is 0. The van der Waals surface area contributed by atoms with E-state index in [1.54, 1.807) is 48.5 Å². The second kappa shape index (κ2) is 27.0. The fraction of sp³-hybridized carbons (Fsp3) is 0.333. The van der Waals surface area contributed by atoms with E-state index in [0.29, 0.717) is 61.5 Å². The lowest BCUT2D eigenvalue weighted by molar-refractivity contribution is -0.140. The lowest BCUT2D eigenvalue weighted by atomic mass is 10.2. The fourth-order valence-electron chi connectivity index (χ4n) is 5.18. The van der Waals surface area contributed by atoms with Crippen LogP contribution in [0.1, 0.15) is 107 Å². The van der Waals surface area contributed by atoms with Crippen LogP contribution >= 0.6 is 0 Å². The SMILES string of the molecule is CCCCOc1ccc(C(=O)Oc2ccc(C(=O)OCCCCOC(=O)/C=C/C(=O)OCCCCOC(=O)c3ccc(OC(=O)c4ccc(OCCCC)cc4)cc3)cc2)cc1. The van der Waals surface area contributed by atoms with E-state index in [1.807, 2.05) is 0 Å². The molecule has 14 nitrogen and oxygen atoms in total. The third kappa shape index (κ3) is 17.7. The van der Waals surface area contributed by atoms with Crippen molar-refractivity contribution < 1.29 is 66.7 Å². The molecule has 0 aromatic heterocycles. The van der Waals surface area contributed by atoms with Gasteiger partial charge in [0.2, 0.25) is 0 Å². The average Bonchev–Trinajstić information content (AvgIpc) is 3.29. The van der Waals surface area contributed by atoms with Crippen LogP contribution in [0.3, 0.4) is 0 Å². The first-order chi connectivity index (χ1) is 30.1. The molecule has 0 N–H and O–H groups in total. The van der Waals surface area contributed by atoms with Gasteiger partial charge in [0.15, 0.2) is 0 Å². The number of hydrogen-bond acceptors (Lipinski definition) is 14. The molecule has 62 heavy (non-hydrogen) atoms. The highest BCUT2D eigenvalue weighted by Gasteiger charge is 2.14. The smallest absolute Gasteiger partial charge is 0.343 e. The summed E-state index contributed by atoms with van der Waals surface area (Å²) in [6, 6.07) is 25.3. The molecule has 4 aromatic carbocycles. The number of ether oxygens (including phenoxy) is 8. The van der Waals surface area contributed by atoms with Gasteiger partial charge in [-0.3, -0.25) is 0 Å². The Morgan fingerprint density at radius 2 is 0.645 bits per heavy atom. The Morgan fingerprint density at radius 1 is 0.355 bits per heavy atom. The third-order valence-electron chi connectivity index (χ3n) is 8.70. The molecule has 0 aliphatic heterocycles. The maximum Gasteiger partial charge on any atom is 0.343 e. The van der Waals surface area contributed by atoms with Crippen LogP contribution in [0.5, 0.6) is 23.0 Å². The van der Waals surface area contributed by atoms with Crippen LogP contribution < -0.4 is 18.9 Å². The van der Waals surface area contributed by atoms with Gasteiger partial charge in [0.05, 0.1) is 61.9 Å². The molecule has 0 spiro atoms. The zero-order valence-corrected chi connectivity index (χ0v) is 35.0. The van der Waals surface area contributed by atoms with Crippen LogP contribution in [0.25, 0.3) is 0 Å². The minimum absolute atomic E-state index is 0.0471. The van der Waals surface area contributed by atoms with E-state index in [0.717, 1.165) is 37.8 Å². The molecule has 0 heterocycles. The van der Waals surface area contributed by atoms with Crippen molar-refractivity contribution in [1.82, 2.24) is 0 Å². The molecule has 0 aliphatic carbocycles. The van der Waals surface area contributed by atoms with Crippen molar-refractivity contribution in [3.63, 3.8) is 0 Å². The van der Waals surface area contributed by atoms with Gasteiger partial charge in [-0.2, -0.15) is 0 Å². The van der Waals surface area contributed by atoms with Crippen molar-refractivity contribution in [1.29, 1.82) is 0 Å². The highest BCUT2D eigenvalue weighted by atomic mass is 16.6. The summed E-state index contributed by atoms with van der Waals surface area (Å²) in [5.74, 6) is -1.78. The number of unbranched alkanes of at least 4 members (excludes halogenated alkanes) is 4. The van der Waals surface area contributed by atoms with Gasteiger partial charge in [-0.1, -0.05) is 26.7 Å². The van der Waals surface area contributed by atoms with Crippen LogP contribution in [0, 0.1) is 0 Å². The topological polar surface area (TPSA) is 176 Å². The maximum absolute atomic E-state index is 12.5. The molecule has 14 heteroatoms. The average molecular weight is 853 g/mol. The summed E-state index contributed by atoms with van der Waals surface area (Å²) in [5.41, 5.74) is 1.27. The summed E-state index contributed by atoms with van der Waals surface area (Å²) >= 11 is 0. The van der Waals surface area contributed by atoms with Crippen LogP contribution in [0.15, 0.2) is 109 Å². The molecule has 328 valence electrons. The first-order valence-electron chi connectivity index (χ1n) is 20.6. The Kier molecular flexibility index (Phi) is 20.8. The molecule has 0 unspecified atom stereocenters. The molecule has 0 aliphatic rings. The second-order valence-corrected chi connectivity index (χ2v) is 13.6. The Morgan fingerprint density at radius 3 is 0.968 bits per heavy atom. The fourth-order valence-corrected chi connectivity index (χ4v) is 5.18. The van der Waals surface area contributed by atoms with Gasteiger partial charge in [-0.15, -0.1) is 0 Å². The van der Waals surface area contributed by atoms with Crippen LogP contribution in [0.2, 0.25) is 0 Å². The van der Waals surface area contributed by atoms with E-state index >= 15 is 0 Å². The molecule has 0 bridgehead atoms. The Hall–Kier alpha value is -6.96. The largest absolute Gasteiger partial charge is 0.494 e. The standard InChI is InChI=1S/C48H52O14/c1-3-5-29-55-39-19-11-37(12-20-39)47(53)61-41-23-15-35(16-24-41)45(51)59-33-9-7-31-57-43(49)27-28-44(50)58-32-8-10-34-60-46(52)36-17-25-42(26-18-36)62-48(54)38-13-21-40(22-14-38)56-30-6-4-2/h11-28H,3-10,29-34H2,1-2H3/b28-27+. The summed E-state index contributed by atoms with van der Waals surface area (Å²) < 4.78 is 42.7. The monoisotopic (exact) mass is 852 g/mol. The first-order valence-corrected chi connectivity index (χ1v) is 20.6. The number of carbonyl (C=O) groups excluding carboxylic acids is 6. The molecule has 4 rings (SSSR count). The lowest BCUT2D eigenvalue weighted by Gasteiger charge is -2.08. The Balaban J connectivity index is 0.995. The highest BCUT2D eigenvalue weighted by molar-refractivity contribution is 5.93. The summed E-state index contributed by atoms with van der Waals surface area (Å²) in [6.07, 6.45) is 7.53. The molecule has 0 fully saturated rings. The molecular formula is C48H52O14. The normalized spacial score (nSPS) is 10.7. The maximum atomic E-state index is 12.5. The summed E-state index contributed by atoms with van der Waals surface area (Å²) in [6.45, 7) is 5.64. The predicted octanol–water partition coefficient (Wildman–Crippen LogP) is 8.70. The molecule has 0 saturated heterocycles. The molecule has 0 saturated carbocycles. The van der Waals surface area contributed by atoms with E-state index < -0.39 is 35.8 Å². The number of benzene rings is 4. The van der Waals surface area contributed by atoms with Gasteiger partial charge in [0.25, 0.3) is 0 Å². The number of carbonyl (C=O) groups is 6. The minimum Gasteiger partial charge on any atom is -0.494 e. The van der Waals surface area contributed by atoms with E-state index in [2.05, 4.69) is 13.8 Å². The van der Waals surface area contributed by atoms with Crippen LogP contribution in [-0.4, -0.2) is 75.5 Å². The van der Waals surface area contributed by atoms with E-state index in [1.165, 1.54) is 48.5 Å². The van der Waals surface area contributed by atoms with Gasteiger partial charge in [-0.25, -0.2) is 28.8 Å². The van der Waals surface area contributed by atoms with Crippen molar-refractivity contribution in [2.75, 3.05) is 39.6 Å². The van der Waals surface area contributed by atoms with Crippen molar-refractivity contribution in [3.05, 3.63) is 131 Å². The molecule has 0 radical (unpaired) electrons. The van der Waals surface area contributed by atoms with Gasteiger partial charge >= 0.3 is 35.8 Å². The summed E-state index contributed by atoms with van der Waals surface area (Å²) in [7, 11) is 0. The number of rotatable bonds is 26. The predicted molar refractivity (Wildman–Crippen MR) is 227 cm³/mol. The van der Waals surface area contributed by atoms with Crippen molar-refractivity contribution in [2.24, 2.45) is 0 Å². The Bertz CT molecular complexity index is 1910. The molecule has 4 aromatic rings. The van der Waals surface area contributed by atoms with Gasteiger partial charge in [0, 0.05) is 12.2 Å². The highest BCUT2D eigenvalue weighted by Crippen LogP contribution is 2.19. The number of hydrogen-bond donors (Lipinski definition) is 0. The second-order valence-electron chi connectivity index (χ2n) is 13.6. The molecule has 0 amide bonds. The Labute approximate surface area is 361 Å². The van der Waals surface area contributed by atoms with E-state index in [-0.39, 0.29) is 49.1 Å². The van der Waals surface area contributed by atoms with Gasteiger partial charge in [0.1, 0.15) is 23.0 Å². The lowest BCUT2D eigenvalue weighted by Crippen LogP contribution is -2.10. The van der Waals surface area contributed by atoms with E-state index in [9.17, 15) is 28.8 Å². The van der Waals surface area contributed by atoms with Crippen LogP contribution in [-0.2, 0) is 28.5 Å². The first kappa shape index (κ1) is 47.7. The third-order valence-corrected chi connectivity index (χ3v) is 8.70. The van der Waals surface area contributed by atoms with Crippen molar-refractivity contribution in [2.45, 2.75) is 65.2 Å². The number of esters is 6. The molecular weight excluding hydrogens is 801 g/mol. The quantitative estimate of drug-likeness (QED) is 0.0193. The molecule has 0 atom stereocenters. The van der Waals surface area contributed by atoms with E-state index in [4.69, 9.17) is 37.9 Å². The van der Waals surface area contributed by atoms with Crippen LogP contribution in [0.4, 0.5) is 0 Å². The van der Waals surface area contributed by atoms with Crippen molar-refractivity contribution in [3.8, 4) is 23.0 Å². The van der Waals surface area contributed by atoms with Gasteiger partial charge < -0.3 is 37.9 Å². The zero-order valence-electron chi connectivity index (χ0n) is 35.0. The van der Waals surface area contributed by atoms with Gasteiger partial charge in [-0.05, 0) is 136 Å². The summed E-state index contributed by atoms with van der Waals surface area (Å²) in [4.78, 5) is 73.7. The minimum atomic E-state index is -0.732.